The molecular formula is C16H16ClFN2O. The van der Waals surface area contributed by atoms with E-state index in [2.05, 4.69) is 10.6 Å². The molecule has 0 saturated carbocycles. The van der Waals surface area contributed by atoms with Gasteiger partial charge in [0.25, 0.3) is 0 Å². The minimum atomic E-state index is -0.342. The van der Waals surface area contributed by atoms with Gasteiger partial charge >= 0.3 is 0 Å². The highest BCUT2D eigenvalue weighted by Crippen LogP contribution is 2.24. The molecule has 0 spiro atoms. The summed E-state index contributed by atoms with van der Waals surface area (Å²) < 4.78 is 13.7. The fourth-order valence-electron chi connectivity index (χ4n) is 1.98. The lowest BCUT2D eigenvalue weighted by Gasteiger charge is -2.13. The molecule has 0 saturated heterocycles. The van der Waals surface area contributed by atoms with Gasteiger partial charge in [-0.05, 0) is 36.8 Å². The Morgan fingerprint density at radius 1 is 1.29 bits per heavy atom. The summed E-state index contributed by atoms with van der Waals surface area (Å²) in [6.07, 6.45) is 0. The van der Waals surface area contributed by atoms with Gasteiger partial charge in [-0.15, -0.1) is 0 Å². The summed E-state index contributed by atoms with van der Waals surface area (Å²) in [4.78, 5) is 11.1. The van der Waals surface area contributed by atoms with Crippen LogP contribution in [0, 0.1) is 12.7 Å². The topological polar surface area (TPSA) is 41.1 Å². The smallest absolute Gasteiger partial charge is 0.221 e. The van der Waals surface area contributed by atoms with Crippen molar-refractivity contribution in [2.75, 3.05) is 10.6 Å². The monoisotopic (exact) mass is 306 g/mol. The van der Waals surface area contributed by atoms with Crippen molar-refractivity contribution in [3.8, 4) is 0 Å². The molecule has 2 rings (SSSR count). The molecule has 1 amide bonds. The van der Waals surface area contributed by atoms with Crippen LogP contribution < -0.4 is 10.6 Å². The predicted molar refractivity (Wildman–Crippen MR) is 84.2 cm³/mol. The van der Waals surface area contributed by atoms with Gasteiger partial charge < -0.3 is 10.6 Å². The van der Waals surface area contributed by atoms with Crippen molar-refractivity contribution in [3.05, 3.63) is 58.4 Å². The van der Waals surface area contributed by atoms with Crippen LogP contribution in [0.15, 0.2) is 36.4 Å². The first kappa shape index (κ1) is 15.3. The highest BCUT2D eigenvalue weighted by atomic mass is 35.5. The summed E-state index contributed by atoms with van der Waals surface area (Å²) in [5, 5.41) is 6.25. The average molecular weight is 307 g/mol. The van der Waals surface area contributed by atoms with Crippen molar-refractivity contribution in [1.29, 1.82) is 0 Å². The van der Waals surface area contributed by atoms with Crippen LogP contribution in [0.5, 0.6) is 0 Å². The standard InChI is InChI=1S/C16H16ClFN2O/c1-10-6-7-12(20-11(2)21)8-16(10)19-9-13-14(17)4-3-5-15(13)18/h3-8,19H,9H2,1-2H3,(H,20,21). The maximum atomic E-state index is 13.7. The molecule has 0 aliphatic carbocycles. The van der Waals surface area contributed by atoms with Crippen LogP contribution in [0.25, 0.3) is 0 Å². The number of benzene rings is 2. The SMILES string of the molecule is CC(=O)Nc1ccc(C)c(NCc2c(F)cccc2Cl)c1. The van der Waals surface area contributed by atoms with Gasteiger partial charge in [0.05, 0.1) is 0 Å². The van der Waals surface area contributed by atoms with Gasteiger partial charge in [-0.2, -0.15) is 0 Å². The average Bonchev–Trinajstić information content (AvgIpc) is 2.41. The van der Waals surface area contributed by atoms with Crippen LogP contribution >= 0.6 is 11.6 Å². The van der Waals surface area contributed by atoms with Crippen molar-refractivity contribution in [3.63, 3.8) is 0 Å². The van der Waals surface area contributed by atoms with E-state index in [4.69, 9.17) is 11.6 Å². The third-order valence-electron chi connectivity index (χ3n) is 3.08. The van der Waals surface area contributed by atoms with E-state index < -0.39 is 0 Å². The molecule has 110 valence electrons. The Balaban J connectivity index is 2.18. The number of nitrogens with one attached hydrogen (secondary N) is 2. The molecule has 21 heavy (non-hydrogen) atoms. The number of aryl methyl sites for hydroxylation is 1. The fourth-order valence-corrected chi connectivity index (χ4v) is 2.21. The van der Waals surface area contributed by atoms with E-state index in [0.717, 1.165) is 11.3 Å². The van der Waals surface area contributed by atoms with Gasteiger partial charge in [0, 0.05) is 35.4 Å². The number of carbonyl (C=O) groups is 1. The number of anilines is 2. The van der Waals surface area contributed by atoms with Gasteiger partial charge in [0.2, 0.25) is 5.91 Å². The molecule has 0 aliphatic heterocycles. The van der Waals surface area contributed by atoms with E-state index >= 15 is 0 Å². The highest BCUT2D eigenvalue weighted by Gasteiger charge is 2.08. The maximum absolute atomic E-state index is 13.7. The molecular weight excluding hydrogens is 291 g/mol. The zero-order valence-electron chi connectivity index (χ0n) is 11.8. The van der Waals surface area contributed by atoms with E-state index in [1.165, 1.54) is 13.0 Å². The van der Waals surface area contributed by atoms with Crippen LogP contribution in [-0.4, -0.2) is 5.91 Å². The number of amides is 1. The van der Waals surface area contributed by atoms with Crippen LogP contribution in [0.3, 0.4) is 0 Å². The second-order valence-electron chi connectivity index (χ2n) is 4.76. The minimum absolute atomic E-state index is 0.137. The van der Waals surface area contributed by atoms with Crippen molar-refractivity contribution in [1.82, 2.24) is 0 Å². The van der Waals surface area contributed by atoms with Gasteiger partial charge in [0.1, 0.15) is 5.82 Å². The molecule has 0 heterocycles. The van der Waals surface area contributed by atoms with E-state index in [9.17, 15) is 9.18 Å². The van der Waals surface area contributed by atoms with Crippen LogP contribution in [0.1, 0.15) is 18.1 Å². The lowest BCUT2D eigenvalue weighted by Crippen LogP contribution is -2.08. The summed E-state index contributed by atoms with van der Waals surface area (Å²) >= 11 is 6.00. The maximum Gasteiger partial charge on any atom is 0.221 e. The Kier molecular flexibility index (Phi) is 4.81. The van der Waals surface area contributed by atoms with Crippen molar-refractivity contribution in [2.24, 2.45) is 0 Å². The predicted octanol–water partition coefficient (Wildman–Crippen LogP) is 4.36. The molecule has 0 aromatic heterocycles. The van der Waals surface area contributed by atoms with E-state index in [-0.39, 0.29) is 18.3 Å². The molecule has 3 nitrogen and oxygen atoms in total. The molecule has 0 radical (unpaired) electrons. The van der Waals surface area contributed by atoms with Gasteiger partial charge in [-0.25, -0.2) is 4.39 Å². The van der Waals surface area contributed by atoms with Gasteiger partial charge in [-0.1, -0.05) is 23.7 Å². The summed E-state index contributed by atoms with van der Waals surface area (Å²) in [6, 6.07) is 10.1. The van der Waals surface area contributed by atoms with Crippen LogP contribution in [-0.2, 0) is 11.3 Å². The minimum Gasteiger partial charge on any atom is -0.381 e. The number of carbonyl (C=O) groups excluding carboxylic acids is 1. The second-order valence-corrected chi connectivity index (χ2v) is 5.17. The summed E-state index contributed by atoms with van der Waals surface area (Å²) in [6.45, 7) is 3.66. The van der Waals surface area contributed by atoms with Crippen molar-refractivity contribution < 1.29 is 9.18 Å². The van der Waals surface area contributed by atoms with Crippen LogP contribution in [0.4, 0.5) is 15.8 Å². The summed E-state index contributed by atoms with van der Waals surface area (Å²) in [5.74, 6) is -0.479. The number of hydrogen-bond donors (Lipinski definition) is 2. The molecule has 0 unspecified atom stereocenters. The fraction of sp³-hybridized carbons (Fsp3) is 0.188. The molecule has 0 aliphatic rings. The van der Waals surface area contributed by atoms with E-state index in [1.807, 2.05) is 25.1 Å². The molecule has 2 aromatic carbocycles. The van der Waals surface area contributed by atoms with Gasteiger partial charge in [-0.3, -0.25) is 4.79 Å². The number of rotatable bonds is 4. The van der Waals surface area contributed by atoms with Crippen LogP contribution in [0.2, 0.25) is 5.02 Å². The van der Waals surface area contributed by atoms with Crippen molar-refractivity contribution >= 4 is 28.9 Å². The van der Waals surface area contributed by atoms with Gasteiger partial charge in [0.15, 0.2) is 0 Å². The largest absolute Gasteiger partial charge is 0.381 e. The second kappa shape index (κ2) is 6.59. The Bertz CT molecular complexity index is 653. The zero-order chi connectivity index (χ0) is 15.4. The Hall–Kier alpha value is -2.07. The first-order valence-electron chi connectivity index (χ1n) is 6.52. The molecule has 2 N–H and O–H groups in total. The highest BCUT2D eigenvalue weighted by molar-refractivity contribution is 6.31. The molecule has 0 fully saturated rings. The number of hydrogen-bond acceptors (Lipinski definition) is 2. The normalized spacial score (nSPS) is 10.3. The lowest BCUT2D eigenvalue weighted by atomic mass is 10.1. The van der Waals surface area contributed by atoms with E-state index in [1.54, 1.807) is 12.1 Å². The summed E-state index contributed by atoms with van der Waals surface area (Å²) in [7, 11) is 0. The lowest BCUT2D eigenvalue weighted by molar-refractivity contribution is -0.114. The number of halogens is 2. The quantitative estimate of drug-likeness (QED) is 0.881. The molecule has 0 bridgehead atoms. The van der Waals surface area contributed by atoms with E-state index in [0.29, 0.717) is 16.3 Å². The third kappa shape index (κ3) is 3.95. The Morgan fingerprint density at radius 2 is 2.05 bits per heavy atom. The van der Waals surface area contributed by atoms with Crippen molar-refractivity contribution in [2.45, 2.75) is 20.4 Å². The first-order valence-corrected chi connectivity index (χ1v) is 6.90. The molecule has 5 heteroatoms. The molecule has 2 aromatic rings. The summed E-state index contributed by atoms with van der Waals surface area (Å²) in [5.41, 5.74) is 2.93. The Morgan fingerprint density at radius 3 is 2.71 bits per heavy atom. The molecule has 0 atom stereocenters. The Labute approximate surface area is 128 Å². The first-order chi connectivity index (χ1) is 9.97. The third-order valence-corrected chi connectivity index (χ3v) is 3.43. The zero-order valence-corrected chi connectivity index (χ0v) is 12.6.